The van der Waals surface area contributed by atoms with E-state index in [1.54, 1.807) is 30.8 Å². The van der Waals surface area contributed by atoms with Crippen LogP contribution < -0.4 is 0 Å². The lowest BCUT2D eigenvalue weighted by molar-refractivity contribution is -0.146. The summed E-state index contributed by atoms with van der Waals surface area (Å²) in [4.78, 5) is 14.1. The second-order valence-corrected chi connectivity index (χ2v) is 2.99. The van der Waals surface area contributed by atoms with Gasteiger partial charge in [-0.3, -0.25) is 0 Å². The first kappa shape index (κ1) is 9.98. The Morgan fingerprint density at radius 2 is 2.54 bits per heavy atom. The minimum atomic E-state index is -0.362. The van der Waals surface area contributed by atoms with E-state index in [1.807, 2.05) is 0 Å². The van der Waals surface area contributed by atoms with E-state index >= 15 is 0 Å². The number of nitrogens with zero attached hydrogens (tertiary/aromatic N) is 1. The summed E-state index contributed by atoms with van der Waals surface area (Å²) in [6, 6.07) is -0.362. The van der Waals surface area contributed by atoms with E-state index in [4.69, 9.17) is 17.0 Å². The fourth-order valence-electron chi connectivity index (χ4n) is 1.01. The molecule has 0 aliphatic rings. The van der Waals surface area contributed by atoms with Crippen molar-refractivity contribution in [2.45, 2.75) is 19.9 Å². The van der Waals surface area contributed by atoms with Gasteiger partial charge in [-0.1, -0.05) is 0 Å². The Morgan fingerprint density at radius 1 is 1.85 bits per heavy atom. The van der Waals surface area contributed by atoms with Gasteiger partial charge in [0.2, 0.25) is 0 Å². The lowest BCUT2D eigenvalue weighted by Crippen LogP contribution is -2.18. The molecule has 0 aliphatic heterocycles. The van der Waals surface area contributed by atoms with E-state index in [1.165, 1.54) is 0 Å². The van der Waals surface area contributed by atoms with Crippen molar-refractivity contribution < 1.29 is 9.53 Å². The molecule has 0 radical (unpaired) electrons. The van der Waals surface area contributed by atoms with Crippen molar-refractivity contribution in [2.75, 3.05) is 6.61 Å². The smallest absolute Gasteiger partial charge is 0.328 e. The number of nitrogens with one attached hydrogen (secondary N) is 1. The van der Waals surface area contributed by atoms with Gasteiger partial charge in [0.1, 0.15) is 6.04 Å². The van der Waals surface area contributed by atoms with Gasteiger partial charge < -0.3 is 14.3 Å². The molecule has 1 heterocycles. The maximum Gasteiger partial charge on any atom is 0.328 e. The van der Waals surface area contributed by atoms with Crippen molar-refractivity contribution >= 4 is 18.2 Å². The van der Waals surface area contributed by atoms with Crippen LogP contribution in [0.25, 0.3) is 0 Å². The summed E-state index contributed by atoms with van der Waals surface area (Å²) in [7, 11) is 0. The average Bonchev–Trinajstić information content (AvgIpc) is 2.50. The van der Waals surface area contributed by atoms with E-state index in [0.29, 0.717) is 11.4 Å². The summed E-state index contributed by atoms with van der Waals surface area (Å²) in [6.07, 6.45) is 3.42. The van der Waals surface area contributed by atoms with Crippen LogP contribution in [-0.2, 0) is 9.53 Å². The summed E-state index contributed by atoms with van der Waals surface area (Å²) >= 11 is 4.96. The van der Waals surface area contributed by atoms with Crippen molar-refractivity contribution in [2.24, 2.45) is 0 Å². The molecule has 72 valence electrons. The molecule has 4 nitrogen and oxygen atoms in total. The Bertz CT molecular complexity index is 342. The number of aromatic nitrogens is 2. The number of aromatic amines is 1. The SMILES string of the molecule is CCOC(=O)C(C)n1cc[nH]c1=S. The van der Waals surface area contributed by atoms with Gasteiger partial charge >= 0.3 is 5.97 Å². The maximum atomic E-state index is 11.3. The van der Waals surface area contributed by atoms with E-state index < -0.39 is 0 Å². The largest absolute Gasteiger partial charge is 0.464 e. The van der Waals surface area contributed by atoms with Crippen LogP contribution in [0.5, 0.6) is 0 Å². The molecule has 13 heavy (non-hydrogen) atoms. The van der Waals surface area contributed by atoms with E-state index in [0.717, 1.165) is 0 Å². The quantitative estimate of drug-likeness (QED) is 0.596. The van der Waals surface area contributed by atoms with Crippen LogP contribution in [-0.4, -0.2) is 22.1 Å². The van der Waals surface area contributed by atoms with Crippen molar-refractivity contribution in [1.29, 1.82) is 0 Å². The highest BCUT2D eigenvalue weighted by molar-refractivity contribution is 7.71. The summed E-state index contributed by atoms with van der Waals surface area (Å²) < 4.78 is 7.05. The van der Waals surface area contributed by atoms with Gasteiger partial charge in [-0.15, -0.1) is 0 Å². The maximum absolute atomic E-state index is 11.3. The molecule has 1 unspecified atom stereocenters. The number of ether oxygens (including phenoxy) is 1. The standard InChI is InChI=1S/C8H12N2O2S/c1-3-12-7(11)6(2)10-5-4-9-8(10)13/h4-6H,3H2,1-2H3,(H,9,13). The first-order valence-electron chi connectivity index (χ1n) is 4.09. The minimum Gasteiger partial charge on any atom is -0.464 e. The zero-order valence-corrected chi connectivity index (χ0v) is 8.43. The third-order valence-corrected chi connectivity index (χ3v) is 2.05. The molecule has 1 aromatic rings. The van der Waals surface area contributed by atoms with Crippen molar-refractivity contribution in [3.63, 3.8) is 0 Å². The highest BCUT2D eigenvalue weighted by Crippen LogP contribution is 2.07. The Kier molecular flexibility index (Phi) is 3.25. The van der Waals surface area contributed by atoms with Gasteiger partial charge in [-0.25, -0.2) is 4.79 Å². The predicted molar refractivity (Wildman–Crippen MR) is 51.0 cm³/mol. The summed E-state index contributed by atoms with van der Waals surface area (Å²) in [5, 5.41) is 0. The molecule has 0 aromatic carbocycles. The topological polar surface area (TPSA) is 47.0 Å². The lowest BCUT2D eigenvalue weighted by Gasteiger charge is -2.10. The second kappa shape index (κ2) is 4.23. The summed E-state index contributed by atoms with van der Waals surface area (Å²) in [5.41, 5.74) is 0. The van der Waals surface area contributed by atoms with Gasteiger partial charge in [0.25, 0.3) is 0 Å². The number of H-pyrrole nitrogens is 1. The summed E-state index contributed by atoms with van der Waals surface area (Å²) in [5.74, 6) is -0.266. The second-order valence-electron chi connectivity index (χ2n) is 2.60. The van der Waals surface area contributed by atoms with Gasteiger partial charge in [0, 0.05) is 12.4 Å². The van der Waals surface area contributed by atoms with Gasteiger partial charge in [-0.05, 0) is 26.1 Å². The van der Waals surface area contributed by atoms with Crippen molar-refractivity contribution in [1.82, 2.24) is 9.55 Å². The van der Waals surface area contributed by atoms with Crippen LogP contribution in [0.1, 0.15) is 19.9 Å². The highest BCUT2D eigenvalue weighted by atomic mass is 32.1. The molecular weight excluding hydrogens is 188 g/mol. The zero-order chi connectivity index (χ0) is 9.84. The number of imidazole rings is 1. The number of hydrogen-bond donors (Lipinski definition) is 1. The van der Waals surface area contributed by atoms with Gasteiger partial charge in [0.15, 0.2) is 4.77 Å². The lowest BCUT2D eigenvalue weighted by atomic mass is 10.3. The Balaban J connectivity index is 2.79. The molecule has 5 heteroatoms. The molecule has 0 aliphatic carbocycles. The fraction of sp³-hybridized carbons (Fsp3) is 0.500. The molecular formula is C8H12N2O2S. The fourth-order valence-corrected chi connectivity index (χ4v) is 1.30. The molecule has 1 atom stereocenters. The van der Waals surface area contributed by atoms with Crippen LogP contribution in [0.3, 0.4) is 0 Å². The van der Waals surface area contributed by atoms with Crippen LogP contribution in [0.15, 0.2) is 12.4 Å². The third kappa shape index (κ3) is 2.18. The molecule has 1 aromatic heterocycles. The molecule has 0 spiro atoms. The molecule has 0 bridgehead atoms. The number of esters is 1. The molecule has 1 N–H and O–H groups in total. The van der Waals surface area contributed by atoms with Gasteiger partial charge in [0.05, 0.1) is 6.61 Å². The molecule has 0 saturated carbocycles. The van der Waals surface area contributed by atoms with Crippen LogP contribution >= 0.6 is 12.2 Å². The average molecular weight is 200 g/mol. The molecule has 0 fully saturated rings. The number of hydrogen-bond acceptors (Lipinski definition) is 3. The number of carbonyl (C=O) groups is 1. The first-order valence-corrected chi connectivity index (χ1v) is 4.49. The van der Waals surface area contributed by atoms with Crippen LogP contribution in [0.4, 0.5) is 0 Å². The molecule has 0 saturated heterocycles. The van der Waals surface area contributed by atoms with E-state index in [2.05, 4.69) is 4.98 Å². The Morgan fingerprint density at radius 3 is 3.00 bits per heavy atom. The Labute approximate surface area is 81.5 Å². The predicted octanol–water partition coefficient (Wildman–Crippen LogP) is 1.67. The Hall–Kier alpha value is -1.10. The number of carbonyl (C=O) groups excluding carboxylic acids is 1. The van der Waals surface area contributed by atoms with Gasteiger partial charge in [-0.2, -0.15) is 0 Å². The molecule has 1 rings (SSSR count). The third-order valence-electron chi connectivity index (χ3n) is 1.72. The number of rotatable bonds is 3. The highest BCUT2D eigenvalue weighted by Gasteiger charge is 2.15. The first-order chi connectivity index (χ1) is 6.16. The monoisotopic (exact) mass is 200 g/mol. The van der Waals surface area contributed by atoms with Crippen molar-refractivity contribution in [3.05, 3.63) is 17.2 Å². The minimum absolute atomic E-state index is 0.266. The normalized spacial score (nSPS) is 12.5. The van der Waals surface area contributed by atoms with E-state index in [-0.39, 0.29) is 12.0 Å². The van der Waals surface area contributed by atoms with Crippen molar-refractivity contribution in [3.8, 4) is 0 Å². The van der Waals surface area contributed by atoms with Crippen LogP contribution in [0.2, 0.25) is 0 Å². The zero-order valence-electron chi connectivity index (χ0n) is 7.61. The summed E-state index contributed by atoms with van der Waals surface area (Å²) in [6.45, 7) is 3.92. The molecule has 0 amide bonds. The van der Waals surface area contributed by atoms with Crippen LogP contribution in [0, 0.1) is 4.77 Å². The van der Waals surface area contributed by atoms with E-state index in [9.17, 15) is 4.79 Å².